The second-order valence-electron chi connectivity index (χ2n) is 5.49. The molecule has 0 aromatic carbocycles. The molecule has 1 atom stereocenters. The van der Waals surface area contributed by atoms with Gasteiger partial charge >= 0.3 is 0 Å². The number of carbonyl (C=O) groups excluding carboxylic acids is 1. The van der Waals surface area contributed by atoms with Crippen LogP contribution in [0.2, 0.25) is 0 Å². The Morgan fingerprint density at radius 2 is 2.23 bits per heavy atom. The Balaban J connectivity index is 1.62. The Hall–Kier alpha value is -2.70. The SMILES string of the molecule is O=C(c1cccc2nccn12)N1CCC[C@H]1Cn1ccnn1. The number of aromatic nitrogens is 5. The van der Waals surface area contributed by atoms with Crippen LogP contribution in [0, 0.1) is 0 Å². The monoisotopic (exact) mass is 296 g/mol. The maximum Gasteiger partial charge on any atom is 0.271 e. The van der Waals surface area contributed by atoms with Crippen molar-refractivity contribution in [2.75, 3.05) is 6.54 Å². The number of fused-ring (bicyclic) bond motifs is 1. The molecule has 0 bridgehead atoms. The summed E-state index contributed by atoms with van der Waals surface area (Å²) in [5.74, 6) is 0.0474. The van der Waals surface area contributed by atoms with Gasteiger partial charge in [0.15, 0.2) is 0 Å². The van der Waals surface area contributed by atoms with E-state index in [0.717, 1.165) is 25.0 Å². The van der Waals surface area contributed by atoms with Crippen LogP contribution >= 0.6 is 0 Å². The van der Waals surface area contributed by atoms with E-state index in [1.54, 1.807) is 17.1 Å². The van der Waals surface area contributed by atoms with Gasteiger partial charge in [-0.15, -0.1) is 5.10 Å². The number of imidazole rings is 1. The van der Waals surface area contributed by atoms with Gasteiger partial charge in [0.25, 0.3) is 5.91 Å². The lowest BCUT2D eigenvalue weighted by Crippen LogP contribution is -2.39. The number of rotatable bonds is 3. The molecule has 3 aromatic rings. The first-order valence-corrected chi connectivity index (χ1v) is 7.40. The number of pyridine rings is 1. The van der Waals surface area contributed by atoms with Gasteiger partial charge in [-0.25, -0.2) is 4.98 Å². The van der Waals surface area contributed by atoms with Gasteiger partial charge in [0, 0.05) is 25.1 Å². The maximum absolute atomic E-state index is 12.9. The molecule has 1 saturated heterocycles. The highest BCUT2D eigenvalue weighted by Crippen LogP contribution is 2.21. The van der Waals surface area contributed by atoms with Crippen molar-refractivity contribution in [2.45, 2.75) is 25.4 Å². The Bertz CT molecular complexity index is 793. The van der Waals surface area contributed by atoms with Crippen LogP contribution in [0.3, 0.4) is 0 Å². The summed E-state index contributed by atoms with van der Waals surface area (Å²) in [6.07, 6.45) is 9.04. The summed E-state index contributed by atoms with van der Waals surface area (Å²) in [6.45, 7) is 1.47. The van der Waals surface area contributed by atoms with Crippen molar-refractivity contribution < 1.29 is 4.79 Å². The third-order valence-corrected chi connectivity index (χ3v) is 4.16. The van der Waals surface area contributed by atoms with E-state index in [9.17, 15) is 4.79 Å². The Kier molecular flexibility index (Phi) is 3.10. The van der Waals surface area contributed by atoms with Gasteiger partial charge < -0.3 is 4.90 Å². The molecule has 7 nitrogen and oxygen atoms in total. The Morgan fingerprint density at radius 1 is 1.27 bits per heavy atom. The van der Waals surface area contributed by atoms with E-state index in [-0.39, 0.29) is 11.9 Å². The van der Waals surface area contributed by atoms with E-state index in [4.69, 9.17) is 0 Å². The molecule has 1 aliphatic heterocycles. The van der Waals surface area contributed by atoms with Crippen molar-refractivity contribution in [3.63, 3.8) is 0 Å². The minimum Gasteiger partial charge on any atom is -0.333 e. The number of hydrogen-bond acceptors (Lipinski definition) is 4. The maximum atomic E-state index is 12.9. The fraction of sp³-hybridized carbons (Fsp3) is 0.333. The van der Waals surface area contributed by atoms with Crippen LogP contribution in [0.15, 0.2) is 43.0 Å². The highest BCUT2D eigenvalue weighted by molar-refractivity contribution is 5.93. The standard InChI is InChI=1S/C15H16N6O/c22-15(13-4-1-5-14-16-6-10-21(13)14)20-8-2-3-12(20)11-19-9-7-17-18-19/h1,4-7,9-10,12H,2-3,8,11H2/t12-/m0/s1. The molecule has 4 heterocycles. The van der Waals surface area contributed by atoms with Gasteiger partial charge in [0.2, 0.25) is 0 Å². The Morgan fingerprint density at radius 3 is 3.09 bits per heavy atom. The quantitative estimate of drug-likeness (QED) is 0.729. The van der Waals surface area contributed by atoms with E-state index >= 15 is 0 Å². The van der Waals surface area contributed by atoms with Gasteiger partial charge in [-0.3, -0.25) is 13.9 Å². The van der Waals surface area contributed by atoms with Crippen molar-refractivity contribution in [1.29, 1.82) is 0 Å². The molecule has 0 unspecified atom stereocenters. The number of amides is 1. The van der Waals surface area contributed by atoms with E-state index in [0.29, 0.717) is 12.2 Å². The zero-order valence-corrected chi connectivity index (χ0v) is 12.0. The first-order chi connectivity index (χ1) is 10.8. The molecule has 0 aliphatic carbocycles. The zero-order chi connectivity index (χ0) is 14.9. The minimum atomic E-state index is 0.0474. The first-order valence-electron chi connectivity index (χ1n) is 7.40. The number of likely N-dealkylation sites (tertiary alicyclic amines) is 1. The fourth-order valence-corrected chi connectivity index (χ4v) is 3.11. The summed E-state index contributed by atoms with van der Waals surface area (Å²) in [6, 6.07) is 5.78. The molecule has 0 spiro atoms. The van der Waals surface area contributed by atoms with Crippen molar-refractivity contribution >= 4 is 11.6 Å². The highest BCUT2D eigenvalue weighted by Gasteiger charge is 2.30. The third kappa shape index (κ3) is 2.14. The largest absolute Gasteiger partial charge is 0.333 e. The first kappa shape index (κ1) is 13.0. The van der Waals surface area contributed by atoms with Crippen molar-refractivity contribution in [1.82, 2.24) is 29.3 Å². The molecule has 3 aromatic heterocycles. The number of carbonyl (C=O) groups is 1. The third-order valence-electron chi connectivity index (χ3n) is 4.16. The summed E-state index contributed by atoms with van der Waals surface area (Å²) in [5.41, 5.74) is 1.44. The molecule has 0 N–H and O–H groups in total. The van der Waals surface area contributed by atoms with Gasteiger partial charge in [-0.1, -0.05) is 11.3 Å². The number of hydrogen-bond donors (Lipinski definition) is 0. The lowest BCUT2D eigenvalue weighted by atomic mass is 10.2. The molecule has 112 valence electrons. The zero-order valence-electron chi connectivity index (χ0n) is 12.0. The molecule has 22 heavy (non-hydrogen) atoms. The molecule has 1 amide bonds. The van der Waals surface area contributed by atoms with Crippen LogP contribution < -0.4 is 0 Å². The van der Waals surface area contributed by atoms with Gasteiger partial charge in [-0.2, -0.15) is 0 Å². The average Bonchev–Trinajstić information content (AvgIpc) is 3.27. The smallest absolute Gasteiger partial charge is 0.271 e. The number of nitrogens with zero attached hydrogens (tertiary/aromatic N) is 6. The fourth-order valence-electron chi connectivity index (χ4n) is 3.11. The van der Waals surface area contributed by atoms with E-state index in [2.05, 4.69) is 15.3 Å². The van der Waals surface area contributed by atoms with Gasteiger partial charge in [0.1, 0.15) is 11.3 Å². The normalized spacial score (nSPS) is 18.2. The van der Waals surface area contributed by atoms with Crippen molar-refractivity contribution in [3.8, 4) is 0 Å². The lowest BCUT2D eigenvalue weighted by molar-refractivity contribution is 0.0713. The Labute approximate surface area is 127 Å². The molecule has 0 radical (unpaired) electrons. The summed E-state index contributed by atoms with van der Waals surface area (Å²) in [5, 5.41) is 7.82. The predicted octanol–water partition coefficient (Wildman–Crippen LogP) is 1.23. The molecule has 1 fully saturated rings. The van der Waals surface area contributed by atoms with Crippen LogP contribution in [-0.2, 0) is 6.54 Å². The summed E-state index contributed by atoms with van der Waals surface area (Å²) < 4.78 is 3.63. The van der Waals surface area contributed by atoms with Crippen molar-refractivity contribution in [3.05, 3.63) is 48.7 Å². The molecular formula is C15H16N6O. The van der Waals surface area contributed by atoms with Crippen LogP contribution in [0.25, 0.3) is 5.65 Å². The van der Waals surface area contributed by atoms with E-state index in [1.807, 2.05) is 39.9 Å². The molecule has 1 aliphatic rings. The highest BCUT2D eigenvalue weighted by atomic mass is 16.2. The minimum absolute atomic E-state index is 0.0474. The van der Waals surface area contributed by atoms with Crippen LogP contribution in [0.5, 0.6) is 0 Å². The van der Waals surface area contributed by atoms with Gasteiger partial charge in [0.05, 0.1) is 18.8 Å². The van der Waals surface area contributed by atoms with E-state index < -0.39 is 0 Å². The summed E-state index contributed by atoms with van der Waals surface area (Å²) in [7, 11) is 0. The molecule has 0 saturated carbocycles. The summed E-state index contributed by atoms with van der Waals surface area (Å²) in [4.78, 5) is 19.1. The second kappa shape index (κ2) is 5.25. The molecule has 7 heteroatoms. The second-order valence-corrected chi connectivity index (χ2v) is 5.49. The predicted molar refractivity (Wildman–Crippen MR) is 79.3 cm³/mol. The van der Waals surface area contributed by atoms with Crippen molar-refractivity contribution in [2.24, 2.45) is 0 Å². The van der Waals surface area contributed by atoms with E-state index in [1.165, 1.54) is 0 Å². The van der Waals surface area contributed by atoms with Crippen LogP contribution in [-0.4, -0.2) is 47.8 Å². The summed E-state index contributed by atoms with van der Waals surface area (Å²) >= 11 is 0. The van der Waals surface area contributed by atoms with Gasteiger partial charge in [-0.05, 0) is 25.0 Å². The molecule has 4 rings (SSSR count). The lowest BCUT2D eigenvalue weighted by Gasteiger charge is -2.24. The average molecular weight is 296 g/mol. The molecular weight excluding hydrogens is 280 g/mol. The topological polar surface area (TPSA) is 68.3 Å². The van der Waals surface area contributed by atoms with Crippen LogP contribution in [0.4, 0.5) is 0 Å². The van der Waals surface area contributed by atoms with Crippen LogP contribution in [0.1, 0.15) is 23.3 Å².